The molecule has 1 unspecified atom stereocenters. The molecule has 0 spiro atoms. The van der Waals surface area contributed by atoms with E-state index in [4.69, 9.17) is 11.6 Å². The molecule has 0 aliphatic rings. The Labute approximate surface area is 74.8 Å². The first kappa shape index (κ1) is 8.88. The predicted molar refractivity (Wildman–Crippen MR) is 47.9 cm³/mol. The Hall–Kier alpha value is -0.210. The van der Waals surface area contributed by atoms with Crippen molar-refractivity contribution in [3.05, 3.63) is 29.3 Å². The van der Waals surface area contributed by atoms with Crippen molar-refractivity contribution in [3.63, 3.8) is 0 Å². The van der Waals surface area contributed by atoms with Crippen molar-refractivity contribution in [1.82, 2.24) is 0 Å². The van der Waals surface area contributed by atoms with Gasteiger partial charge in [-0.15, -0.1) is 0 Å². The maximum atomic E-state index is 12.4. The Kier molecular flexibility index (Phi) is 3.21. The smallest absolute Gasteiger partial charge is 0.147 e. The van der Waals surface area contributed by atoms with Gasteiger partial charge < -0.3 is 0 Å². The zero-order chi connectivity index (χ0) is 8.27. The third-order valence-electron chi connectivity index (χ3n) is 1.11. The summed E-state index contributed by atoms with van der Waals surface area (Å²) in [4.78, 5) is 0.907. The second-order valence-electron chi connectivity index (χ2n) is 2.11. The molecule has 0 aromatic heterocycles. The lowest BCUT2D eigenvalue weighted by atomic mass is 10.4. The van der Waals surface area contributed by atoms with Crippen LogP contribution in [0.15, 0.2) is 29.2 Å². The van der Waals surface area contributed by atoms with E-state index in [2.05, 4.69) is 0 Å². The van der Waals surface area contributed by atoms with Crippen LogP contribution in [0.4, 0.5) is 4.39 Å². The largest absolute Gasteiger partial charge is 0.236 e. The van der Waals surface area contributed by atoms with Crippen molar-refractivity contribution in [2.24, 2.45) is 0 Å². The Morgan fingerprint density at radius 3 is 2.36 bits per heavy atom. The van der Waals surface area contributed by atoms with Crippen LogP contribution >= 0.6 is 23.4 Å². The second kappa shape index (κ2) is 3.98. The minimum atomic E-state index is -0.865. The van der Waals surface area contributed by atoms with Gasteiger partial charge in [0.25, 0.3) is 0 Å². The van der Waals surface area contributed by atoms with E-state index in [1.165, 1.54) is 18.7 Å². The molecule has 1 aromatic carbocycles. The molecule has 1 aromatic rings. The number of rotatable bonds is 2. The van der Waals surface area contributed by atoms with Crippen LogP contribution in [-0.2, 0) is 0 Å². The highest BCUT2D eigenvalue weighted by molar-refractivity contribution is 7.99. The Balaban J connectivity index is 2.66. The highest BCUT2D eigenvalue weighted by atomic mass is 35.5. The van der Waals surface area contributed by atoms with Gasteiger partial charge in [0, 0.05) is 9.92 Å². The molecule has 0 aliphatic heterocycles. The van der Waals surface area contributed by atoms with Crippen LogP contribution in [0.3, 0.4) is 0 Å². The summed E-state index contributed by atoms with van der Waals surface area (Å²) in [7, 11) is 0. The van der Waals surface area contributed by atoms with E-state index < -0.39 is 5.50 Å². The Morgan fingerprint density at radius 1 is 1.36 bits per heavy atom. The van der Waals surface area contributed by atoms with Gasteiger partial charge in [-0.3, -0.25) is 0 Å². The van der Waals surface area contributed by atoms with Crippen LogP contribution in [0.1, 0.15) is 6.92 Å². The van der Waals surface area contributed by atoms with Crippen LogP contribution < -0.4 is 0 Å². The summed E-state index contributed by atoms with van der Waals surface area (Å²) in [6, 6.07) is 7.13. The standard InChI is InChI=1S/C8H8ClFS/c1-6(10)11-8-4-2-7(9)3-5-8/h2-6H,1H3. The lowest BCUT2D eigenvalue weighted by Gasteiger charge is -2.00. The number of hydrogen-bond acceptors (Lipinski definition) is 1. The second-order valence-corrected chi connectivity index (χ2v) is 3.91. The van der Waals surface area contributed by atoms with Gasteiger partial charge in [-0.25, -0.2) is 4.39 Å². The summed E-state index contributed by atoms with van der Waals surface area (Å²) >= 11 is 6.83. The van der Waals surface area contributed by atoms with E-state index in [0.717, 1.165) is 4.90 Å². The van der Waals surface area contributed by atoms with Crippen molar-refractivity contribution in [2.45, 2.75) is 17.3 Å². The number of halogens is 2. The van der Waals surface area contributed by atoms with E-state index >= 15 is 0 Å². The van der Waals surface area contributed by atoms with Crippen LogP contribution in [0.2, 0.25) is 5.02 Å². The molecule has 0 nitrogen and oxygen atoms in total. The van der Waals surface area contributed by atoms with Crippen LogP contribution in [0.25, 0.3) is 0 Å². The number of alkyl halides is 1. The van der Waals surface area contributed by atoms with E-state index in [-0.39, 0.29) is 0 Å². The summed E-state index contributed by atoms with van der Waals surface area (Å²) < 4.78 is 12.4. The third kappa shape index (κ3) is 3.12. The molecule has 0 aliphatic carbocycles. The van der Waals surface area contributed by atoms with Gasteiger partial charge in [-0.1, -0.05) is 23.4 Å². The molecular weight excluding hydrogens is 183 g/mol. The molecule has 0 saturated carbocycles. The summed E-state index contributed by atoms with van der Waals surface area (Å²) in [5, 5.41) is 0.681. The fraction of sp³-hybridized carbons (Fsp3) is 0.250. The van der Waals surface area contributed by atoms with Crippen LogP contribution in [-0.4, -0.2) is 5.50 Å². The number of hydrogen-bond donors (Lipinski definition) is 0. The predicted octanol–water partition coefficient (Wildman–Crippen LogP) is 3.75. The van der Waals surface area contributed by atoms with E-state index in [1.54, 1.807) is 12.1 Å². The highest BCUT2D eigenvalue weighted by Gasteiger charge is 1.99. The van der Waals surface area contributed by atoms with Crippen LogP contribution in [0, 0.1) is 0 Å². The zero-order valence-corrected chi connectivity index (χ0v) is 7.62. The van der Waals surface area contributed by atoms with Crippen molar-refractivity contribution >= 4 is 23.4 Å². The number of thioether (sulfide) groups is 1. The molecule has 1 atom stereocenters. The lowest BCUT2D eigenvalue weighted by Crippen LogP contribution is -1.82. The van der Waals surface area contributed by atoms with Crippen molar-refractivity contribution in [2.75, 3.05) is 0 Å². The lowest BCUT2D eigenvalue weighted by molar-refractivity contribution is 0.483. The van der Waals surface area contributed by atoms with Crippen molar-refractivity contribution < 1.29 is 4.39 Å². The van der Waals surface area contributed by atoms with Gasteiger partial charge in [-0.05, 0) is 31.2 Å². The van der Waals surface area contributed by atoms with Gasteiger partial charge in [0.15, 0.2) is 0 Å². The van der Waals surface area contributed by atoms with Gasteiger partial charge in [0.1, 0.15) is 5.50 Å². The first-order valence-electron chi connectivity index (χ1n) is 3.25. The molecule has 0 fully saturated rings. The third-order valence-corrected chi connectivity index (χ3v) is 2.23. The average molecular weight is 191 g/mol. The SMILES string of the molecule is CC(F)Sc1ccc(Cl)cc1. The zero-order valence-electron chi connectivity index (χ0n) is 6.05. The minimum absolute atomic E-state index is 0.681. The summed E-state index contributed by atoms with van der Waals surface area (Å²) in [6.07, 6.45) is 0. The van der Waals surface area contributed by atoms with E-state index in [9.17, 15) is 4.39 Å². The van der Waals surface area contributed by atoms with Gasteiger partial charge in [-0.2, -0.15) is 0 Å². The maximum absolute atomic E-state index is 12.4. The molecular formula is C8H8ClFS. The first-order valence-corrected chi connectivity index (χ1v) is 4.50. The molecule has 3 heteroatoms. The van der Waals surface area contributed by atoms with Crippen LogP contribution in [0.5, 0.6) is 0 Å². The van der Waals surface area contributed by atoms with Crippen molar-refractivity contribution in [3.8, 4) is 0 Å². The average Bonchev–Trinajstić information content (AvgIpc) is 1.93. The monoisotopic (exact) mass is 190 g/mol. The summed E-state index contributed by atoms with van der Waals surface area (Å²) in [5.41, 5.74) is -0.865. The Morgan fingerprint density at radius 2 is 1.91 bits per heavy atom. The van der Waals surface area contributed by atoms with Gasteiger partial charge in [0.05, 0.1) is 0 Å². The molecule has 11 heavy (non-hydrogen) atoms. The summed E-state index contributed by atoms with van der Waals surface area (Å²) in [6.45, 7) is 1.51. The molecule has 1 rings (SSSR count). The molecule has 0 bridgehead atoms. The first-order chi connectivity index (χ1) is 5.18. The molecule has 0 amide bonds. The molecule has 0 N–H and O–H groups in total. The maximum Gasteiger partial charge on any atom is 0.147 e. The number of benzene rings is 1. The quantitative estimate of drug-likeness (QED) is 0.641. The molecule has 0 heterocycles. The Bertz CT molecular complexity index is 220. The fourth-order valence-corrected chi connectivity index (χ4v) is 1.49. The normalized spacial score (nSPS) is 13.0. The van der Waals surface area contributed by atoms with Gasteiger partial charge >= 0.3 is 0 Å². The fourth-order valence-electron chi connectivity index (χ4n) is 0.701. The van der Waals surface area contributed by atoms with Crippen molar-refractivity contribution in [1.29, 1.82) is 0 Å². The summed E-state index contributed by atoms with van der Waals surface area (Å²) in [5.74, 6) is 0. The minimum Gasteiger partial charge on any atom is -0.236 e. The molecule has 0 radical (unpaired) electrons. The van der Waals surface area contributed by atoms with E-state index in [1.807, 2.05) is 12.1 Å². The van der Waals surface area contributed by atoms with E-state index in [0.29, 0.717) is 5.02 Å². The highest BCUT2D eigenvalue weighted by Crippen LogP contribution is 2.24. The topological polar surface area (TPSA) is 0 Å². The molecule has 0 saturated heterocycles. The molecule has 60 valence electrons. The van der Waals surface area contributed by atoms with Gasteiger partial charge in [0.2, 0.25) is 0 Å².